The van der Waals surface area contributed by atoms with E-state index in [0.717, 1.165) is 56.6 Å². The molecule has 0 spiro atoms. The van der Waals surface area contributed by atoms with Crippen LogP contribution in [-0.2, 0) is 6.42 Å². The summed E-state index contributed by atoms with van der Waals surface area (Å²) in [6.07, 6.45) is 2.62. The van der Waals surface area contributed by atoms with Crippen LogP contribution < -0.4 is 0 Å². The molecule has 76 heavy (non-hydrogen) atoms. The number of hydrogen-bond acceptors (Lipinski definition) is 3. The molecular weight excluding hydrogens is 986 g/mol. The SMILES string of the molecule is Cc1cc2c(c(-c3c(-c4ccccc4-c4ccccc4)c(-c4ccccc4)c4[se]c5ccccc5c4c3-c3ccc(-c4ccccc4)c(-c4ccccc4-c4ccccc4)c3-c3ccnnn3)c1C)Cc1ccccc1-2. The van der Waals surface area contributed by atoms with Crippen LogP contribution in [0.25, 0.3) is 131 Å². The molecule has 0 radical (unpaired) electrons. The van der Waals surface area contributed by atoms with Gasteiger partial charge in [-0.15, -0.1) is 0 Å². The first-order chi connectivity index (χ1) is 37.6. The predicted octanol–water partition coefficient (Wildman–Crippen LogP) is 18.4. The van der Waals surface area contributed by atoms with E-state index in [1.165, 1.54) is 103 Å². The molecule has 358 valence electrons. The maximum absolute atomic E-state index is 5.06. The number of fused-ring (bicyclic) bond motifs is 6. The van der Waals surface area contributed by atoms with Crippen LogP contribution >= 0.6 is 0 Å². The van der Waals surface area contributed by atoms with E-state index in [-0.39, 0.29) is 14.5 Å². The van der Waals surface area contributed by atoms with E-state index < -0.39 is 0 Å². The number of hydrogen-bond donors (Lipinski definition) is 0. The van der Waals surface area contributed by atoms with Crippen LogP contribution in [0.2, 0.25) is 0 Å². The molecule has 3 nitrogen and oxygen atoms in total. The van der Waals surface area contributed by atoms with Crippen LogP contribution in [0.15, 0.2) is 249 Å². The number of aromatic nitrogens is 3. The summed E-state index contributed by atoms with van der Waals surface area (Å²) < 4.78 is 2.76. The van der Waals surface area contributed by atoms with Gasteiger partial charge in [0.25, 0.3) is 0 Å². The van der Waals surface area contributed by atoms with Crippen molar-refractivity contribution < 1.29 is 0 Å². The maximum atomic E-state index is 5.06. The zero-order chi connectivity index (χ0) is 50.7. The van der Waals surface area contributed by atoms with Gasteiger partial charge in [-0.1, -0.05) is 0 Å². The molecule has 14 rings (SSSR count). The summed E-state index contributed by atoms with van der Waals surface area (Å²) in [7, 11) is 0. The van der Waals surface area contributed by atoms with E-state index in [9.17, 15) is 0 Å². The van der Waals surface area contributed by atoms with E-state index in [1.54, 1.807) is 6.20 Å². The van der Waals surface area contributed by atoms with Gasteiger partial charge >= 0.3 is 452 Å². The van der Waals surface area contributed by atoms with Crippen molar-refractivity contribution >= 4 is 33.8 Å². The molecule has 1 aliphatic rings. The van der Waals surface area contributed by atoms with Crippen molar-refractivity contribution in [1.82, 2.24) is 15.4 Å². The topological polar surface area (TPSA) is 38.7 Å². The van der Waals surface area contributed by atoms with E-state index >= 15 is 0 Å². The van der Waals surface area contributed by atoms with E-state index in [0.29, 0.717) is 0 Å². The molecule has 4 heteroatoms. The summed E-state index contributed by atoms with van der Waals surface area (Å²) in [5, 5.41) is 16.4. The summed E-state index contributed by atoms with van der Waals surface area (Å²) in [5.41, 5.74) is 28.5. The Bertz CT molecular complexity index is 4360. The fraction of sp³-hybridized carbons (Fsp3) is 0.0417. The van der Waals surface area contributed by atoms with Crippen molar-refractivity contribution in [2.75, 3.05) is 0 Å². The van der Waals surface area contributed by atoms with Gasteiger partial charge in [0, 0.05) is 0 Å². The van der Waals surface area contributed by atoms with Gasteiger partial charge < -0.3 is 0 Å². The molecule has 0 atom stereocenters. The Labute approximate surface area is 449 Å². The molecule has 11 aromatic carbocycles. The van der Waals surface area contributed by atoms with E-state index in [4.69, 9.17) is 5.10 Å². The van der Waals surface area contributed by atoms with Gasteiger partial charge in [0.05, 0.1) is 0 Å². The molecule has 0 N–H and O–H groups in total. The van der Waals surface area contributed by atoms with Gasteiger partial charge in [-0.3, -0.25) is 0 Å². The molecule has 13 aromatic rings. The molecule has 0 saturated heterocycles. The molecule has 0 amide bonds. The molecule has 0 aliphatic heterocycles. The van der Waals surface area contributed by atoms with Crippen molar-refractivity contribution in [2.24, 2.45) is 0 Å². The minimum atomic E-state index is -0.0655. The van der Waals surface area contributed by atoms with Crippen molar-refractivity contribution in [3.05, 3.63) is 271 Å². The molecule has 1 aliphatic carbocycles. The van der Waals surface area contributed by atoms with Crippen molar-refractivity contribution in [1.29, 1.82) is 0 Å². The second kappa shape index (κ2) is 19.0. The molecule has 0 unspecified atom stereocenters. The third kappa shape index (κ3) is 7.52. The van der Waals surface area contributed by atoms with E-state index in [2.05, 4.69) is 267 Å². The Balaban J connectivity index is 1.28. The molecule has 0 bridgehead atoms. The third-order valence-electron chi connectivity index (χ3n) is 15.6. The summed E-state index contributed by atoms with van der Waals surface area (Å²) in [4.78, 5) is 0. The van der Waals surface area contributed by atoms with Gasteiger partial charge in [-0.05, 0) is 0 Å². The van der Waals surface area contributed by atoms with Gasteiger partial charge in [0.15, 0.2) is 0 Å². The molecule has 2 aromatic heterocycles. The Morgan fingerprint density at radius 2 is 0.895 bits per heavy atom. The van der Waals surface area contributed by atoms with Crippen LogP contribution in [0.4, 0.5) is 0 Å². The first-order valence-corrected chi connectivity index (χ1v) is 27.8. The van der Waals surface area contributed by atoms with Gasteiger partial charge in [-0.25, -0.2) is 0 Å². The zero-order valence-corrected chi connectivity index (χ0v) is 43.8. The Hall–Kier alpha value is -9.05. The van der Waals surface area contributed by atoms with Crippen molar-refractivity contribution in [2.45, 2.75) is 20.3 Å². The average molecular weight is 1040 g/mol. The Morgan fingerprint density at radius 1 is 0.368 bits per heavy atom. The number of benzene rings is 11. The first kappa shape index (κ1) is 45.6. The average Bonchev–Trinajstić information content (AvgIpc) is 4.10. The summed E-state index contributed by atoms with van der Waals surface area (Å²) >= 11 is -0.0655. The molecule has 0 fully saturated rings. The van der Waals surface area contributed by atoms with Crippen molar-refractivity contribution in [3.63, 3.8) is 0 Å². The molecule has 0 saturated carbocycles. The predicted molar refractivity (Wildman–Crippen MR) is 318 cm³/mol. The van der Waals surface area contributed by atoms with E-state index in [1.807, 2.05) is 0 Å². The number of nitrogens with zero attached hydrogens (tertiary/aromatic N) is 3. The second-order valence-corrected chi connectivity index (χ2v) is 22.0. The number of aryl methyl sites for hydroxylation is 1. The minimum absolute atomic E-state index is 0.0655. The summed E-state index contributed by atoms with van der Waals surface area (Å²) in [6.45, 7) is 4.68. The van der Waals surface area contributed by atoms with Crippen LogP contribution in [0.3, 0.4) is 0 Å². The van der Waals surface area contributed by atoms with Gasteiger partial charge in [0.1, 0.15) is 0 Å². The Morgan fingerprint density at radius 3 is 1.53 bits per heavy atom. The van der Waals surface area contributed by atoms with Gasteiger partial charge in [-0.2, -0.15) is 0 Å². The normalized spacial score (nSPS) is 11.8. The fourth-order valence-electron chi connectivity index (χ4n) is 12.2. The third-order valence-corrected chi connectivity index (χ3v) is 18.1. The quantitative estimate of drug-likeness (QED) is 0.135. The fourth-order valence-corrected chi connectivity index (χ4v) is 14.9. The van der Waals surface area contributed by atoms with Gasteiger partial charge in [0.2, 0.25) is 0 Å². The first-order valence-electron chi connectivity index (χ1n) is 26.1. The van der Waals surface area contributed by atoms with Crippen LogP contribution in [-0.4, -0.2) is 29.9 Å². The van der Waals surface area contributed by atoms with Crippen LogP contribution in [0.5, 0.6) is 0 Å². The Kier molecular flexibility index (Phi) is 11.4. The van der Waals surface area contributed by atoms with Crippen LogP contribution in [0.1, 0.15) is 22.3 Å². The standard InChI is InChI=1S/C72H49N3Se/c1-45-43-60-54-34-16-15-31-51(54)44-61(60)64(46(45)2)71-68(57-36-20-18-33-53(57)48-25-9-4-10-26-48)65(50-29-13-6-14-30-50)72-70(58-37-21-22-38-63(58)76-72)69(71)59-40-39-55(49-27-11-5-12-28-49)66(67(59)62-41-42-73-75-74-62)56-35-19-17-32-52(56)47-23-7-3-8-24-47/h3-43H,44H2,1-2H3. The molecular formula is C72H49N3Se. The second-order valence-electron chi connectivity index (χ2n) is 19.8. The number of rotatable bonds is 9. The zero-order valence-electron chi connectivity index (χ0n) is 42.1. The monoisotopic (exact) mass is 1040 g/mol. The van der Waals surface area contributed by atoms with Crippen molar-refractivity contribution in [3.8, 4) is 111 Å². The molecule has 2 heterocycles. The summed E-state index contributed by atoms with van der Waals surface area (Å²) in [5.74, 6) is 0. The van der Waals surface area contributed by atoms with Crippen LogP contribution in [0, 0.1) is 13.8 Å². The summed E-state index contributed by atoms with van der Waals surface area (Å²) in [6, 6.07) is 89.5.